The van der Waals surface area contributed by atoms with E-state index in [0.29, 0.717) is 6.26 Å². The van der Waals surface area contributed by atoms with Crippen molar-refractivity contribution in [3.63, 3.8) is 0 Å². The molecule has 0 bridgehead atoms. The van der Waals surface area contributed by atoms with E-state index >= 15 is 0 Å². The highest BCUT2D eigenvalue weighted by Gasteiger charge is 2.21. The quantitative estimate of drug-likeness (QED) is 0.421. The molecule has 17 heavy (non-hydrogen) atoms. The van der Waals surface area contributed by atoms with Gasteiger partial charge in [-0.3, -0.25) is 0 Å². The molecule has 1 aromatic rings. The lowest BCUT2D eigenvalue weighted by Crippen LogP contribution is -2.08. The van der Waals surface area contributed by atoms with E-state index < -0.39 is 23.3 Å². The number of nitrogens with zero attached hydrogens (tertiary/aromatic N) is 2. The van der Waals surface area contributed by atoms with Gasteiger partial charge in [-0.2, -0.15) is 9.97 Å². The van der Waals surface area contributed by atoms with E-state index in [0.717, 1.165) is 0 Å². The van der Waals surface area contributed by atoms with Gasteiger partial charge in [0.1, 0.15) is 0 Å². The Bertz CT molecular complexity index is 481. The van der Waals surface area contributed by atoms with E-state index in [1.165, 1.54) is 5.94 Å². The molecule has 0 atom stereocenters. The summed E-state index contributed by atoms with van der Waals surface area (Å²) in [6.07, 6.45) is 0.446. The maximum atomic E-state index is 11.3. The molecule has 0 spiro atoms. The van der Waals surface area contributed by atoms with Gasteiger partial charge in [-0.1, -0.05) is 0 Å². The lowest BCUT2D eigenvalue weighted by Gasteiger charge is -2.05. The third-order valence-electron chi connectivity index (χ3n) is 1.53. The summed E-state index contributed by atoms with van der Waals surface area (Å²) in [5.41, 5.74) is -0.618. The second-order valence-corrected chi connectivity index (χ2v) is 2.60. The fraction of sp³-hybridized carbons (Fsp3) is 0.222. The number of hydrogen-bond acceptors (Lipinski definition) is 8. The van der Waals surface area contributed by atoms with Crippen LogP contribution in [-0.2, 0) is 9.53 Å². The summed E-state index contributed by atoms with van der Waals surface area (Å²) in [6, 6.07) is -0.301. The minimum Gasteiger partial charge on any atom is -0.501 e. The van der Waals surface area contributed by atoms with E-state index in [9.17, 15) is 19.8 Å². The molecule has 0 amide bonds. The van der Waals surface area contributed by atoms with Crippen molar-refractivity contribution in [3.05, 3.63) is 12.0 Å². The fourth-order valence-corrected chi connectivity index (χ4v) is 0.892. The topological polar surface area (TPSA) is 119 Å². The zero-order valence-corrected chi connectivity index (χ0v) is 8.71. The Morgan fingerprint density at radius 2 is 2.18 bits per heavy atom. The molecule has 0 aliphatic rings. The molecule has 1 heterocycles. The number of aromatic hydroxyl groups is 2. The number of hydrogen-bond donors (Lipinski definition) is 2. The molecule has 8 heteroatoms. The number of aromatic nitrogens is 2. The summed E-state index contributed by atoms with van der Waals surface area (Å²) >= 11 is 0. The average molecular weight is 240 g/mol. The first-order valence-electron chi connectivity index (χ1n) is 4.43. The van der Waals surface area contributed by atoms with E-state index in [4.69, 9.17) is 4.74 Å². The Morgan fingerprint density at radius 1 is 1.47 bits per heavy atom. The van der Waals surface area contributed by atoms with E-state index in [1.54, 1.807) is 6.92 Å². The minimum absolute atomic E-state index is 0.201. The van der Waals surface area contributed by atoms with Crippen molar-refractivity contribution in [3.8, 4) is 17.6 Å². The SMILES string of the molecule is CCOc1nc(O)c(O)c(C(=O)OC=C=O)n1. The van der Waals surface area contributed by atoms with Gasteiger partial charge in [-0.25, -0.2) is 9.59 Å². The molecule has 0 saturated carbocycles. The summed E-state index contributed by atoms with van der Waals surface area (Å²) in [5.74, 6) is -1.63. The molecule has 1 rings (SSSR count). The van der Waals surface area contributed by atoms with Crippen LogP contribution in [0, 0.1) is 0 Å². The molecule has 1 aromatic heterocycles. The largest absolute Gasteiger partial charge is 0.501 e. The third kappa shape index (κ3) is 2.93. The average Bonchev–Trinajstić information content (AvgIpc) is 2.30. The summed E-state index contributed by atoms with van der Waals surface area (Å²) in [6.45, 7) is 1.84. The lowest BCUT2D eigenvalue weighted by molar-refractivity contribution is 0.0652. The predicted molar refractivity (Wildman–Crippen MR) is 52.2 cm³/mol. The molecule has 2 N–H and O–H groups in total. The van der Waals surface area contributed by atoms with Gasteiger partial charge >= 0.3 is 12.0 Å². The second-order valence-electron chi connectivity index (χ2n) is 2.60. The van der Waals surface area contributed by atoms with Crippen LogP contribution >= 0.6 is 0 Å². The summed E-state index contributed by atoms with van der Waals surface area (Å²) in [7, 11) is 0. The first-order valence-corrected chi connectivity index (χ1v) is 4.43. The van der Waals surface area contributed by atoms with Crippen molar-refractivity contribution in [1.29, 1.82) is 0 Å². The molecule has 8 nitrogen and oxygen atoms in total. The Morgan fingerprint density at radius 3 is 2.76 bits per heavy atom. The van der Waals surface area contributed by atoms with Gasteiger partial charge in [0.15, 0.2) is 12.2 Å². The number of carbonyl (C=O) groups is 1. The maximum absolute atomic E-state index is 11.3. The number of rotatable bonds is 4. The van der Waals surface area contributed by atoms with Crippen LogP contribution in [0.2, 0.25) is 0 Å². The van der Waals surface area contributed by atoms with Gasteiger partial charge < -0.3 is 19.7 Å². The number of carbonyl (C=O) groups excluding carboxylic acids is 2. The molecule has 90 valence electrons. The zero-order chi connectivity index (χ0) is 12.8. The van der Waals surface area contributed by atoms with Crippen molar-refractivity contribution >= 4 is 11.9 Å². The lowest BCUT2D eigenvalue weighted by atomic mass is 10.3. The monoisotopic (exact) mass is 240 g/mol. The van der Waals surface area contributed by atoms with Crippen LogP contribution in [0.3, 0.4) is 0 Å². The molecule has 0 aromatic carbocycles. The Balaban J connectivity index is 3.12. The molecule has 0 saturated heterocycles. The van der Waals surface area contributed by atoms with Crippen LogP contribution < -0.4 is 4.74 Å². The van der Waals surface area contributed by atoms with Crippen LogP contribution in [0.4, 0.5) is 0 Å². The normalized spacial score (nSPS) is 9.24. The zero-order valence-electron chi connectivity index (χ0n) is 8.71. The van der Waals surface area contributed by atoms with Crippen molar-refractivity contribution in [2.45, 2.75) is 6.92 Å². The van der Waals surface area contributed by atoms with Crippen LogP contribution in [0.15, 0.2) is 6.26 Å². The van der Waals surface area contributed by atoms with Crippen LogP contribution in [0.5, 0.6) is 17.6 Å². The van der Waals surface area contributed by atoms with E-state index in [2.05, 4.69) is 14.7 Å². The van der Waals surface area contributed by atoms with E-state index in [1.807, 2.05) is 0 Å². The molecule has 0 radical (unpaired) electrons. The van der Waals surface area contributed by atoms with Crippen molar-refractivity contribution in [2.75, 3.05) is 6.61 Å². The molecule has 0 fully saturated rings. The van der Waals surface area contributed by atoms with Gasteiger partial charge in [0.2, 0.25) is 11.4 Å². The van der Waals surface area contributed by atoms with E-state index in [-0.39, 0.29) is 12.6 Å². The summed E-state index contributed by atoms with van der Waals surface area (Å²) in [4.78, 5) is 28.0. The Kier molecular flexibility index (Phi) is 4.02. The number of esters is 1. The van der Waals surface area contributed by atoms with Gasteiger partial charge in [0, 0.05) is 0 Å². The number of ether oxygens (including phenoxy) is 2. The third-order valence-corrected chi connectivity index (χ3v) is 1.53. The van der Waals surface area contributed by atoms with Crippen LogP contribution in [0.25, 0.3) is 0 Å². The van der Waals surface area contributed by atoms with Crippen LogP contribution in [0.1, 0.15) is 17.4 Å². The standard InChI is InChI=1S/C9H8N2O6/c1-2-16-9-10-5(6(13)7(14)11-9)8(15)17-4-3-12/h4,13H,2H2,1H3,(H,10,11,14). The first kappa shape index (κ1) is 12.5. The van der Waals surface area contributed by atoms with Gasteiger partial charge in [-0.15, -0.1) is 0 Å². The van der Waals surface area contributed by atoms with Crippen molar-refractivity contribution in [1.82, 2.24) is 9.97 Å². The maximum Gasteiger partial charge on any atom is 0.366 e. The highest BCUT2D eigenvalue weighted by molar-refractivity contribution is 5.91. The Labute approximate surface area is 95.1 Å². The second kappa shape index (κ2) is 5.47. The molecule has 0 unspecified atom stereocenters. The molecule has 0 aliphatic carbocycles. The smallest absolute Gasteiger partial charge is 0.366 e. The van der Waals surface area contributed by atoms with Gasteiger partial charge in [-0.05, 0) is 6.92 Å². The van der Waals surface area contributed by atoms with Gasteiger partial charge in [0.25, 0.3) is 5.88 Å². The highest BCUT2D eigenvalue weighted by atomic mass is 16.5. The summed E-state index contributed by atoms with van der Waals surface area (Å²) < 4.78 is 9.09. The van der Waals surface area contributed by atoms with Crippen molar-refractivity contribution < 1.29 is 29.3 Å². The molecular weight excluding hydrogens is 232 g/mol. The molecule has 0 aliphatic heterocycles. The Hall–Kier alpha value is -2.60. The van der Waals surface area contributed by atoms with Crippen LogP contribution in [-0.4, -0.2) is 38.7 Å². The fourth-order valence-electron chi connectivity index (χ4n) is 0.892. The molecular formula is C9H8N2O6. The predicted octanol–water partition coefficient (Wildman–Crippen LogP) is -0.211. The first-order chi connectivity index (χ1) is 8.10. The summed E-state index contributed by atoms with van der Waals surface area (Å²) in [5, 5.41) is 18.5. The van der Waals surface area contributed by atoms with Crippen molar-refractivity contribution in [2.24, 2.45) is 0 Å². The highest BCUT2D eigenvalue weighted by Crippen LogP contribution is 2.27. The van der Waals surface area contributed by atoms with Gasteiger partial charge in [0.05, 0.1) is 6.61 Å². The minimum atomic E-state index is -1.15.